The summed E-state index contributed by atoms with van der Waals surface area (Å²) in [5, 5.41) is 9.79. The van der Waals surface area contributed by atoms with E-state index < -0.39 is 6.61 Å². The van der Waals surface area contributed by atoms with Gasteiger partial charge in [-0.15, -0.1) is 0 Å². The number of aromatic nitrogens is 1. The lowest BCUT2D eigenvalue weighted by atomic mass is 9.84. The smallest absolute Gasteiger partial charge is 0.188 e. The number of fused-ring (bicyclic) bond motifs is 3. The summed E-state index contributed by atoms with van der Waals surface area (Å²) in [5.41, 5.74) is 3.91. The maximum absolute atomic E-state index is 14.3. The van der Waals surface area contributed by atoms with Crippen molar-refractivity contribution in [3.8, 4) is 0 Å². The van der Waals surface area contributed by atoms with Crippen molar-refractivity contribution >= 4 is 22.5 Å². The molecule has 0 saturated carbocycles. The van der Waals surface area contributed by atoms with Crippen LogP contribution in [-0.4, -0.2) is 90.6 Å². The predicted molar refractivity (Wildman–Crippen MR) is 140 cm³/mol. The number of piperazine rings is 1. The van der Waals surface area contributed by atoms with E-state index >= 15 is 0 Å². The van der Waals surface area contributed by atoms with Crippen molar-refractivity contribution in [2.45, 2.75) is 19.4 Å². The zero-order chi connectivity index (χ0) is 25.9. The first-order valence-electron chi connectivity index (χ1n) is 13.0. The third-order valence-corrected chi connectivity index (χ3v) is 7.80. The molecule has 0 radical (unpaired) electrons. The van der Waals surface area contributed by atoms with Crippen LogP contribution in [0.5, 0.6) is 0 Å². The fraction of sp³-hybridized carbons (Fsp3) is 0.448. The molecule has 0 bridgehead atoms. The highest BCUT2D eigenvalue weighted by Crippen LogP contribution is 2.36. The number of carbonyl (C=O) groups is 2. The Morgan fingerprint density at radius 3 is 2.51 bits per heavy atom. The number of aliphatic hydroxyl groups is 1. The van der Waals surface area contributed by atoms with Crippen LogP contribution in [0.25, 0.3) is 10.9 Å². The molecule has 2 aliphatic rings. The van der Waals surface area contributed by atoms with E-state index in [0.29, 0.717) is 23.1 Å². The number of ether oxygens (including phenoxy) is 1. The molecule has 1 aliphatic heterocycles. The second-order valence-corrected chi connectivity index (χ2v) is 10.1. The van der Waals surface area contributed by atoms with Gasteiger partial charge in [0.05, 0.1) is 6.61 Å². The Morgan fingerprint density at radius 2 is 1.81 bits per heavy atom. The van der Waals surface area contributed by atoms with Crippen molar-refractivity contribution in [2.24, 2.45) is 5.92 Å². The molecular formula is C29H34FN3O4. The molecule has 1 atom stereocenters. The second kappa shape index (κ2) is 11.2. The molecule has 3 aromatic rings. The molecule has 1 fully saturated rings. The Morgan fingerprint density at radius 1 is 1.08 bits per heavy atom. The minimum Gasteiger partial charge on any atom is -0.388 e. The van der Waals surface area contributed by atoms with Gasteiger partial charge in [-0.05, 0) is 36.6 Å². The lowest BCUT2D eigenvalue weighted by Crippen LogP contribution is -2.49. The maximum Gasteiger partial charge on any atom is 0.188 e. The first-order chi connectivity index (χ1) is 18.0. The normalized spacial score (nSPS) is 18.9. The molecule has 1 unspecified atom stereocenters. The molecule has 1 N–H and O–H groups in total. The molecule has 196 valence electrons. The zero-order valence-electron chi connectivity index (χ0n) is 21.3. The Bertz CT molecular complexity index is 1280. The highest BCUT2D eigenvalue weighted by atomic mass is 19.1. The number of methoxy groups -OCH3 is 1. The van der Waals surface area contributed by atoms with Crippen LogP contribution in [0.1, 0.15) is 38.4 Å². The third kappa shape index (κ3) is 5.38. The zero-order valence-corrected chi connectivity index (χ0v) is 21.3. The summed E-state index contributed by atoms with van der Waals surface area (Å²) in [6, 6.07) is 11.8. The predicted octanol–water partition coefficient (Wildman–Crippen LogP) is 3.01. The van der Waals surface area contributed by atoms with E-state index in [1.165, 1.54) is 12.1 Å². The first-order valence-corrected chi connectivity index (χ1v) is 13.0. The first kappa shape index (κ1) is 25.7. The van der Waals surface area contributed by atoms with Crippen molar-refractivity contribution in [3.05, 3.63) is 70.7 Å². The topological polar surface area (TPSA) is 75.0 Å². The van der Waals surface area contributed by atoms with Gasteiger partial charge < -0.3 is 19.3 Å². The molecular weight excluding hydrogens is 473 g/mol. The third-order valence-electron chi connectivity index (χ3n) is 7.80. The van der Waals surface area contributed by atoms with Crippen LogP contribution in [0, 0.1) is 11.7 Å². The standard InChI is InChI=1S/C29H34FN3O4/c1-37-15-14-31-10-12-32(13-11-31)18-22-6-8-26-28(29(22)36)24-16-23(30)7-9-25(24)33(26)17-20-2-4-21(5-3-20)27(35)19-34/h2-5,7,9,16,22,34H,6,8,10-15,17-19H2,1H3. The molecule has 2 aromatic carbocycles. The summed E-state index contributed by atoms with van der Waals surface area (Å²) in [4.78, 5) is 30.3. The lowest BCUT2D eigenvalue weighted by Gasteiger charge is -2.36. The summed E-state index contributed by atoms with van der Waals surface area (Å²) in [7, 11) is 1.72. The highest BCUT2D eigenvalue weighted by molar-refractivity contribution is 6.11. The van der Waals surface area contributed by atoms with Crippen molar-refractivity contribution in [1.29, 1.82) is 0 Å². The Balaban J connectivity index is 1.37. The van der Waals surface area contributed by atoms with Gasteiger partial charge in [0.15, 0.2) is 11.6 Å². The number of Topliss-reactive ketones (excluding diaryl/α,β-unsaturated/α-hetero) is 2. The van der Waals surface area contributed by atoms with Gasteiger partial charge in [0.1, 0.15) is 12.4 Å². The number of benzene rings is 2. The summed E-state index contributed by atoms with van der Waals surface area (Å²) < 4.78 is 21.6. The highest BCUT2D eigenvalue weighted by Gasteiger charge is 2.34. The van der Waals surface area contributed by atoms with E-state index in [0.717, 1.165) is 75.5 Å². The molecule has 0 spiro atoms. The van der Waals surface area contributed by atoms with Crippen molar-refractivity contribution in [3.63, 3.8) is 0 Å². The van der Waals surface area contributed by atoms with Gasteiger partial charge >= 0.3 is 0 Å². The fourth-order valence-electron chi connectivity index (χ4n) is 5.71. The van der Waals surface area contributed by atoms with Crippen LogP contribution in [0.15, 0.2) is 42.5 Å². The van der Waals surface area contributed by atoms with Crippen molar-refractivity contribution in [1.82, 2.24) is 14.4 Å². The summed E-state index contributed by atoms with van der Waals surface area (Å²) in [6.45, 7) is 6.22. The summed E-state index contributed by atoms with van der Waals surface area (Å²) in [6.07, 6.45) is 1.54. The molecule has 7 nitrogen and oxygen atoms in total. The average molecular weight is 508 g/mol. The fourth-order valence-corrected chi connectivity index (χ4v) is 5.71. The van der Waals surface area contributed by atoms with Crippen LogP contribution >= 0.6 is 0 Å². The minimum atomic E-state index is -0.520. The number of ketones is 2. The van der Waals surface area contributed by atoms with Gasteiger partial charge in [0.2, 0.25) is 0 Å². The summed E-state index contributed by atoms with van der Waals surface area (Å²) in [5.74, 6) is -0.648. The van der Waals surface area contributed by atoms with Crippen LogP contribution in [0.2, 0.25) is 0 Å². The van der Waals surface area contributed by atoms with E-state index in [2.05, 4.69) is 14.4 Å². The van der Waals surface area contributed by atoms with E-state index in [9.17, 15) is 14.0 Å². The number of carbonyl (C=O) groups excluding carboxylic acids is 2. The minimum absolute atomic E-state index is 0.0934. The number of nitrogens with zero attached hydrogens (tertiary/aromatic N) is 3. The van der Waals surface area contributed by atoms with Gasteiger partial charge in [-0.1, -0.05) is 24.3 Å². The van der Waals surface area contributed by atoms with Crippen LogP contribution in [-0.2, 0) is 17.7 Å². The van der Waals surface area contributed by atoms with Gasteiger partial charge in [-0.2, -0.15) is 0 Å². The van der Waals surface area contributed by atoms with E-state index in [-0.39, 0.29) is 23.3 Å². The Hall–Kier alpha value is -2.91. The SMILES string of the molecule is COCCN1CCN(CC2CCc3c(c4cc(F)ccc4n3Cc3ccc(C(=O)CO)cc3)C2=O)CC1. The van der Waals surface area contributed by atoms with Gasteiger partial charge in [0.25, 0.3) is 0 Å². The average Bonchev–Trinajstić information content (AvgIpc) is 3.22. The molecule has 37 heavy (non-hydrogen) atoms. The largest absolute Gasteiger partial charge is 0.388 e. The second-order valence-electron chi connectivity index (χ2n) is 10.1. The van der Waals surface area contributed by atoms with Gasteiger partial charge in [-0.25, -0.2) is 4.39 Å². The number of rotatable bonds is 9. The number of hydrogen-bond donors (Lipinski definition) is 1. The lowest BCUT2D eigenvalue weighted by molar-refractivity contribution is 0.0732. The number of hydrogen-bond acceptors (Lipinski definition) is 6. The molecule has 1 saturated heterocycles. The quantitative estimate of drug-likeness (QED) is 0.449. The van der Waals surface area contributed by atoms with Gasteiger partial charge in [-0.3, -0.25) is 14.5 Å². The van der Waals surface area contributed by atoms with Crippen LogP contribution in [0.4, 0.5) is 4.39 Å². The molecule has 8 heteroatoms. The number of aliphatic hydroxyl groups excluding tert-OH is 1. The Kier molecular flexibility index (Phi) is 7.81. The molecule has 1 aliphatic carbocycles. The monoisotopic (exact) mass is 507 g/mol. The Labute approximate surface area is 216 Å². The van der Waals surface area contributed by atoms with E-state index in [1.807, 2.05) is 12.1 Å². The van der Waals surface area contributed by atoms with Crippen LogP contribution in [0.3, 0.4) is 0 Å². The maximum atomic E-state index is 14.3. The molecule has 0 amide bonds. The number of halogens is 1. The van der Waals surface area contributed by atoms with Crippen molar-refractivity contribution < 1.29 is 23.8 Å². The molecule has 2 heterocycles. The van der Waals surface area contributed by atoms with Gasteiger partial charge in [0, 0.05) is 86.6 Å². The van der Waals surface area contributed by atoms with E-state index in [1.54, 1.807) is 25.3 Å². The van der Waals surface area contributed by atoms with E-state index in [4.69, 9.17) is 9.84 Å². The molecule has 5 rings (SSSR count). The van der Waals surface area contributed by atoms with Crippen molar-refractivity contribution in [2.75, 3.05) is 59.6 Å². The summed E-state index contributed by atoms with van der Waals surface area (Å²) >= 11 is 0. The molecule has 1 aromatic heterocycles. The van der Waals surface area contributed by atoms with Crippen LogP contribution < -0.4 is 0 Å².